The number of rotatable bonds is 5. The van der Waals surface area contributed by atoms with Crippen LogP contribution in [-0.4, -0.2) is 38.9 Å². The van der Waals surface area contributed by atoms with Crippen molar-refractivity contribution in [2.75, 3.05) is 26.9 Å². The number of methoxy groups -OCH3 is 1. The van der Waals surface area contributed by atoms with Crippen LogP contribution in [0.25, 0.3) is 0 Å². The molecule has 1 aromatic rings. The molecule has 1 aliphatic heterocycles. The second-order valence-electron chi connectivity index (χ2n) is 7.77. The van der Waals surface area contributed by atoms with E-state index in [1.165, 1.54) is 38.5 Å². The number of aliphatic imine (C=N–C) groups is 1. The van der Waals surface area contributed by atoms with Gasteiger partial charge in [0.2, 0.25) is 0 Å². The standard InChI is InChI=1S/C21H32ClN3O2/c1-26-19-9-8-16(22)14-18(19)21(10-12-27-13-11-21)15-24-20(23)25-17-6-4-2-3-5-7-17/h8-9,14,17H,2-7,10-13,15H2,1H3,(H3,23,24,25). The molecule has 0 unspecified atom stereocenters. The summed E-state index contributed by atoms with van der Waals surface area (Å²) in [5, 5.41) is 4.16. The van der Waals surface area contributed by atoms with Crippen molar-refractivity contribution in [3.8, 4) is 5.75 Å². The van der Waals surface area contributed by atoms with Crippen LogP contribution in [-0.2, 0) is 10.2 Å². The monoisotopic (exact) mass is 393 g/mol. The molecule has 1 aliphatic carbocycles. The topological polar surface area (TPSA) is 68.9 Å². The fourth-order valence-electron chi connectivity index (χ4n) is 4.28. The molecule has 0 spiro atoms. The van der Waals surface area contributed by atoms with Gasteiger partial charge in [0, 0.05) is 35.3 Å². The fraction of sp³-hybridized carbons (Fsp3) is 0.667. The summed E-state index contributed by atoms with van der Waals surface area (Å²) in [4.78, 5) is 4.76. The average Bonchev–Trinajstić information content (AvgIpc) is 2.96. The van der Waals surface area contributed by atoms with Gasteiger partial charge >= 0.3 is 0 Å². The molecule has 2 fully saturated rings. The van der Waals surface area contributed by atoms with Crippen LogP contribution in [0.15, 0.2) is 23.2 Å². The first kappa shape index (κ1) is 20.3. The molecule has 6 heteroatoms. The Balaban J connectivity index is 1.77. The normalized spacial score (nSPS) is 21.5. The predicted molar refractivity (Wildman–Crippen MR) is 111 cm³/mol. The maximum atomic E-state index is 6.30. The minimum atomic E-state index is -0.162. The molecule has 0 aromatic heterocycles. The first-order valence-corrected chi connectivity index (χ1v) is 10.5. The lowest BCUT2D eigenvalue weighted by Crippen LogP contribution is -2.42. The van der Waals surface area contributed by atoms with Crippen LogP contribution in [0.1, 0.15) is 56.9 Å². The Morgan fingerprint density at radius 3 is 2.63 bits per heavy atom. The number of hydrogen-bond donors (Lipinski definition) is 2. The van der Waals surface area contributed by atoms with Crippen molar-refractivity contribution in [1.82, 2.24) is 5.32 Å². The molecular weight excluding hydrogens is 362 g/mol. The van der Waals surface area contributed by atoms with E-state index in [-0.39, 0.29) is 5.41 Å². The zero-order valence-corrected chi connectivity index (χ0v) is 17.1. The predicted octanol–water partition coefficient (Wildman–Crippen LogP) is 4.02. The molecule has 0 bridgehead atoms. The number of nitrogens with one attached hydrogen (secondary N) is 1. The molecule has 150 valence electrons. The summed E-state index contributed by atoms with van der Waals surface area (Å²) in [6.45, 7) is 2.03. The van der Waals surface area contributed by atoms with Crippen molar-refractivity contribution in [2.24, 2.45) is 10.7 Å². The Morgan fingerprint density at radius 1 is 1.26 bits per heavy atom. The van der Waals surface area contributed by atoms with Gasteiger partial charge in [0.05, 0.1) is 13.7 Å². The summed E-state index contributed by atoms with van der Waals surface area (Å²) in [6.07, 6.45) is 9.31. The highest BCUT2D eigenvalue weighted by Gasteiger charge is 2.37. The number of ether oxygens (including phenoxy) is 2. The van der Waals surface area contributed by atoms with E-state index >= 15 is 0 Å². The second-order valence-corrected chi connectivity index (χ2v) is 8.21. The highest BCUT2D eigenvalue weighted by molar-refractivity contribution is 6.30. The van der Waals surface area contributed by atoms with E-state index in [1.54, 1.807) is 7.11 Å². The lowest BCUT2D eigenvalue weighted by atomic mass is 9.73. The Bertz CT molecular complexity index is 636. The first-order valence-electron chi connectivity index (χ1n) is 10.1. The molecule has 1 aromatic carbocycles. The Hall–Kier alpha value is -1.46. The van der Waals surface area contributed by atoms with Gasteiger partial charge in [-0.1, -0.05) is 37.3 Å². The Morgan fingerprint density at radius 2 is 1.96 bits per heavy atom. The second kappa shape index (κ2) is 9.65. The highest BCUT2D eigenvalue weighted by atomic mass is 35.5. The van der Waals surface area contributed by atoms with Crippen LogP contribution < -0.4 is 15.8 Å². The van der Waals surface area contributed by atoms with Gasteiger partial charge in [0.25, 0.3) is 0 Å². The van der Waals surface area contributed by atoms with Gasteiger partial charge in [-0.3, -0.25) is 4.99 Å². The van der Waals surface area contributed by atoms with Gasteiger partial charge < -0.3 is 20.5 Å². The molecule has 1 heterocycles. The molecular formula is C21H32ClN3O2. The van der Waals surface area contributed by atoms with Gasteiger partial charge in [-0.15, -0.1) is 0 Å². The highest BCUT2D eigenvalue weighted by Crippen LogP contribution is 2.41. The Kier molecular flexibility index (Phi) is 7.25. The molecule has 5 nitrogen and oxygen atoms in total. The van der Waals surface area contributed by atoms with E-state index in [1.807, 2.05) is 18.2 Å². The lowest BCUT2D eigenvalue weighted by Gasteiger charge is -2.37. The summed E-state index contributed by atoms with van der Waals surface area (Å²) < 4.78 is 11.2. The maximum absolute atomic E-state index is 6.30. The van der Waals surface area contributed by atoms with Crippen molar-refractivity contribution in [2.45, 2.75) is 62.8 Å². The zero-order valence-electron chi connectivity index (χ0n) is 16.3. The zero-order chi connectivity index (χ0) is 19.1. The summed E-state index contributed by atoms with van der Waals surface area (Å²) in [7, 11) is 1.70. The Labute approximate surface area is 167 Å². The van der Waals surface area contributed by atoms with Crippen LogP contribution in [0.2, 0.25) is 5.02 Å². The quantitative estimate of drug-likeness (QED) is 0.450. The minimum absolute atomic E-state index is 0.162. The van der Waals surface area contributed by atoms with Crippen LogP contribution in [0.4, 0.5) is 0 Å². The third-order valence-electron chi connectivity index (χ3n) is 5.94. The van der Waals surface area contributed by atoms with E-state index < -0.39 is 0 Å². The molecule has 1 saturated heterocycles. The average molecular weight is 394 g/mol. The van der Waals surface area contributed by atoms with Gasteiger partial charge in [-0.05, 0) is 43.9 Å². The summed E-state index contributed by atoms with van der Waals surface area (Å²) in [5.41, 5.74) is 7.20. The minimum Gasteiger partial charge on any atom is -0.496 e. The smallest absolute Gasteiger partial charge is 0.188 e. The number of benzene rings is 1. The van der Waals surface area contributed by atoms with Gasteiger partial charge in [-0.25, -0.2) is 0 Å². The van der Waals surface area contributed by atoms with Crippen molar-refractivity contribution < 1.29 is 9.47 Å². The third kappa shape index (κ3) is 5.29. The summed E-state index contributed by atoms with van der Waals surface area (Å²) in [6, 6.07) is 6.26. The molecule has 2 aliphatic rings. The van der Waals surface area contributed by atoms with Crippen LogP contribution in [0.3, 0.4) is 0 Å². The van der Waals surface area contributed by atoms with Gasteiger partial charge in [0.15, 0.2) is 5.96 Å². The number of nitrogens with zero attached hydrogens (tertiary/aromatic N) is 1. The van der Waals surface area contributed by atoms with Crippen LogP contribution in [0, 0.1) is 0 Å². The van der Waals surface area contributed by atoms with Crippen molar-refractivity contribution in [3.63, 3.8) is 0 Å². The molecule has 0 amide bonds. The van der Waals surface area contributed by atoms with E-state index in [0.29, 0.717) is 36.8 Å². The molecule has 0 radical (unpaired) electrons. The van der Waals surface area contributed by atoms with Crippen molar-refractivity contribution >= 4 is 17.6 Å². The van der Waals surface area contributed by atoms with Crippen LogP contribution >= 0.6 is 11.6 Å². The van der Waals surface area contributed by atoms with E-state index in [4.69, 9.17) is 31.8 Å². The lowest BCUT2D eigenvalue weighted by molar-refractivity contribution is 0.0523. The maximum Gasteiger partial charge on any atom is 0.188 e. The number of guanidine groups is 1. The first-order chi connectivity index (χ1) is 13.1. The van der Waals surface area contributed by atoms with Crippen molar-refractivity contribution in [3.05, 3.63) is 28.8 Å². The third-order valence-corrected chi connectivity index (χ3v) is 6.18. The van der Waals surface area contributed by atoms with Crippen LogP contribution in [0.5, 0.6) is 5.75 Å². The van der Waals surface area contributed by atoms with E-state index in [2.05, 4.69) is 5.32 Å². The largest absolute Gasteiger partial charge is 0.496 e. The molecule has 27 heavy (non-hydrogen) atoms. The van der Waals surface area contributed by atoms with E-state index in [0.717, 1.165) is 24.2 Å². The summed E-state index contributed by atoms with van der Waals surface area (Å²) >= 11 is 6.30. The molecule has 1 saturated carbocycles. The SMILES string of the molecule is COc1ccc(Cl)cc1C1(CN=C(N)NC2CCCCCC2)CCOCC1. The molecule has 3 N–H and O–H groups in total. The van der Waals surface area contributed by atoms with Gasteiger partial charge in [-0.2, -0.15) is 0 Å². The van der Waals surface area contributed by atoms with Crippen molar-refractivity contribution in [1.29, 1.82) is 0 Å². The fourth-order valence-corrected chi connectivity index (χ4v) is 4.46. The molecule has 3 rings (SSSR count). The van der Waals surface area contributed by atoms with E-state index in [9.17, 15) is 0 Å². The number of halogens is 1. The summed E-state index contributed by atoms with van der Waals surface area (Å²) in [5.74, 6) is 1.40. The number of nitrogens with two attached hydrogens (primary N) is 1. The number of hydrogen-bond acceptors (Lipinski definition) is 3. The van der Waals surface area contributed by atoms with Gasteiger partial charge in [0.1, 0.15) is 5.75 Å². The molecule has 0 atom stereocenters.